The second kappa shape index (κ2) is 7.25. The van der Waals surface area contributed by atoms with E-state index in [1.165, 1.54) is 30.3 Å². The number of hydrogen-bond acceptors (Lipinski definition) is 2. The summed E-state index contributed by atoms with van der Waals surface area (Å²) >= 11 is 7.27. The number of thiophene rings is 1. The fourth-order valence-corrected chi connectivity index (χ4v) is 3.90. The van der Waals surface area contributed by atoms with E-state index in [1.54, 1.807) is 0 Å². The highest BCUT2D eigenvalue weighted by molar-refractivity contribution is 7.21. The minimum absolute atomic E-state index is 0.239. The lowest BCUT2D eigenvalue weighted by atomic mass is 10.1. The summed E-state index contributed by atoms with van der Waals surface area (Å²) in [5.41, 5.74) is -0.0441. The van der Waals surface area contributed by atoms with E-state index in [0.717, 1.165) is 23.5 Å². The van der Waals surface area contributed by atoms with Crippen molar-refractivity contribution in [3.63, 3.8) is 0 Å². The molecule has 0 spiro atoms. The molecule has 2 aromatic carbocycles. The standard InChI is InChI=1S/C18H12ClF4NOS/c19-15-13-6-5-12(20)9-14(13)26-16(15)17(25)24-8-7-10-1-3-11(4-2-10)18(21,22)23/h1-6,9H,7-8H2,(H,24,25). The molecule has 26 heavy (non-hydrogen) atoms. The van der Waals surface area contributed by atoms with Crippen molar-refractivity contribution in [2.24, 2.45) is 0 Å². The predicted octanol–water partition coefficient (Wildman–Crippen LogP) is 5.69. The number of nitrogens with one attached hydrogen (secondary N) is 1. The molecule has 0 aliphatic carbocycles. The Bertz CT molecular complexity index is 950. The predicted molar refractivity (Wildman–Crippen MR) is 94.3 cm³/mol. The smallest absolute Gasteiger partial charge is 0.351 e. The molecule has 2 nitrogen and oxygen atoms in total. The van der Waals surface area contributed by atoms with Gasteiger partial charge in [-0.25, -0.2) is 4.39 Å². The van der Waals surface area contributed by atoms with Crippen molar-refractivity contribution in [3.8, 4) is 0 Å². The SMILES string of the molecule is O=C(NCCc1ccc(C(F)(F)F)cc1)c1sc2cc(F)ccc2c1Cl. The molecule has 0 atom stereocenters. The Labute approximate surface area is 155 Å². The van der Waals surface area contributed by atoms with E-state index in [1.807, 2.05) is 0 Å². The number of amides is 1. The molecule has 136 valence electrons. The lowest BCUT2D eigenvalue weighted by Gasteiger charge is -2.08. The first-order chi connectivity index (χ1) is 12.3. The van der Waals surface area contributed by atoms with E-state index in [9.17, 15) is 22.4 Å². The maximum Gasteiger partial charge on any atom is 0.416 e. The highest BCUT2D eigenvalue weighted by atomic mass is 35.5. The Morgan fingerprint density at radius 3 is 2.46 bits per heavy atom. The fourth-order valence-electron chi connectivity index (χ4n) is 2.45. The van der Waals surface area contributed by atoms with Crippen LogP contribution >= 0.6 is 22.9 Å². The summed E-state index contributed by atoms with van der Waals surface area (Å²) in [6.07, 6.45) is -3.99. The third-order valence-electron chi connectivity index (χ3n) is 3.78. The van der Waals surface area contributed by atoms with E-state index in [0.29, 0.717) is 22.1 Å². The molecule has 0 aliphatic heterocycles. The molecular formula is C18H12ClF4NOS. The first-order valence-electron chi connectivity index (χ1n) is 7.57. The molecule has 1 heterocycles. The zero-order chi connectivity index (χ0) is 18.9. The van der Waals surface area contributed by atoms with Crippen LogP contribution in [0.5, 0.6) is 0 Å². The quantitative estimate of drug-likeness (QED) is 0.559. The second-order valence-corrected chi connectivity index (χ2v) is 7.02. The van der Waals surface area contributed by atoms with Crippen LogP contribution in [0.4, 0.5) is 17.6 Å². The Morgan fingerprint density at radius 2 is 1.81 bits per heavy atom. The Hall–Kier alpha value is -2.12. The van der Waals surface area contributed by atoms with Gasteiger partial charge in [0, 0.05) is 16.6 Å². The lowest BCUT2D eigenvalue weighted by molar-refractivity contribution is -0.137. The van der Waals surface area contributed by atoms with E-state index in [-0.39, 0.29) is 16.4 Å². The third kappa shape index (κ3) is 3.99. The first kappa shape index (κ1) is 18.7. The van der Waals surface area contributed by atoms with Gasteiger partial charge in [-0.2, -0.15) is 13.2 Å². The van der Waals surface area contributed by atoms with Crippen LogP contribution in [-0.4, -0.2) is 12.5 Å². The third-order valence-corrected chi connectivity index (χ3v) is 5.43. The number of fused-ring (bicyclic) bond motifs is 1. The van der Waals surface area contributed by atoms with Crippen molar-refractivity contribution >= 4 is 38.9 Å². The maximum absolute atomic E-state index is 13.3. The number of rotatable bonds is 4. The van der Waals surface area contributed by atoms with Crippen LogP contribution < -0.4 is 5.32 Å². The van der Waals surface area contributed by atoms with Crippen LogP contribution in [0.2, 0.25) is 5.02 Å². The zero-order valence-corrected chi connectivity index (χ0v) is 14.7. The normalized spacial score (nSPS) is 11.7. The summed E-state index contributed by atoms with van der Waals surface area (Å²) < 4.78 is 51.4. The molecule has 1 N–H and O–H groups in total. The van der Waals surface area contributed by atoms with Gasteiger partial charge in [-0.15, -0.1) is 11.3 Å². The van der Waals surface area contributed by atoms with Gasteiger partial charge in [0.2, 0.25) is 0 Å². The molecule has 0 saturated heterocycles. The van der Waals surface area contributed by atoms with E-state index < -0.39 is 23.5 Å². The summed E-state index contributed by atoms with van der Waals surface area (Å²) in [5, 5.41) is 3.54. The molecule has 0 saturated carbocycles. The van der Waals surface area contributed by atoms with Gasteiger partial charge >= 0.3 is 6.18 Å². The van der Waals surface area contributed by atoms with Gasteiger partial charge in [0.05, 0.1) is 10.6 Å². The highest BCUT2D eigenvalue weighted by Gasteiger charge is 2.29. The summed E-state index contributed by atoms with van der Waals surface area (Å²) in [6, 6.07) is 8.87. The summed E-state index contributed by atoms with van der Waals surface area (Å²) in [7, 11) is 0. The minimum atomic E-state index is -4.37. The van der Waals surface area contributed by atoms with E-state index >= 15 is 0 Å². The molecule has 0 radical (unpaired) electrons. The van der Waals surface area contributed by atoms with Crippen molar-refractivity contribution in [1.29, 1.82) is 0 Å². The molecule has 1 aromatic heterocycles. The number of benzene rings is 2. The van der Waals surface area contributed by atoms with Crippen LogP contribution in [0.1, 0.15) is 20.8 Å². The average Bonchev–Trinajstić information content (AvgIpc) is 2.90. The lowest BCUT2D eigenvalue weighted by Crippen LogP contribution is -2.25. The Kier molecular flexibility index (Phi) is 5.20. The molecule has 0 aliphatic rings. The molecule has 3 aromatic rings. The van der Waals surface area contributed by atoms with Gasteiger partial charge in [-0.1, -0.05) is 23.7 Å². The number of halogens is 5. The number of hydrogen-bond donors (Lipinski definition) is 1. The van der Waals surface area contributed by atoms with Crippen LogP contribution in [0, 0.1) is 5.82 Å². The van der Waals surface area contributed by atoms with E-state index in [4.69, 9.17) is 11.6 Å². The number of carbonyl (C=O) groups excluding carboxylic acids is 1. The first-order valence-corrected chi connectivity index (χ1v) is 8.77. The highest BCUT2D eigenvalue weighted by Crippen LogP contribution is 2.35. The van der Waals surface area contributed by atoms with Gasteiger partial charge in [-0.3, -0.25) is 4.79 Å². The summed E-state index contributed by atoms with van der Waals surface area (Å²) in [6.45, 7) is 0.239. The minimum Gasteiger partial charge on any atom is -0.351 e. The van der Waals surface area contributed by atoms with Gasteiger partial charge in [0.15, 0.2) is 0 Å². The molecule has 0 fully saturated rings. The van der Waals surface area contributed by atoms with Gasteiger partial charge < -0.3 is 5.32 Å². The van der Waals surface area contributed by atoms with Gasteiger partial charge in [0.25, 0.3) is 5.91 Å². The monoisotopic (exact) mass is 401 g/mol. The van der Waals surface area contributed by atoms with Crippen molar-refractivity contribution in [3.05, 3.63) is 69.3 Å². The van der Waals surface area contributed by atoms with E-state index in [2.05, 4.69) is 5.32 Å². The molecule has 1 amide bonds. The van der Waals surface area contributed by atoms with Crippen LogP contribution in [0.25, 0.3) is 10.1 Å². The van der Waals surface area contributed by atoms with Crippen molar-refractivity contribution in [2.45, 2.75) is 12.6 Å². The van der Waals surface area contributed by atoms with Gasteiger partial charge in [0.1, 0.15) is 10.7 Å². The molecule has 0 bridgehead atoms. The Morgan fingerprint density at radius 1 is 1.12 bits per heavy atom. The van der Waals surface area contributed by atoms with Gasteiger partial charge in [-0.05, 0) is 42.3 Å². The fraction of sp³-hybridized carbons (Fsp3) is 0.167. The molecule has 8 heteroatoms. The molecule has 0 unspecified atom stereocenters. The average molecular weight is 402 g/mol. The summed E-state index contributed by atoms with van der Waals surface area (Å²) in [4.78, 5) is 12.5. The zero-order valence-electron chi connectivity index (χ0n) is 13.2. The van der Waals surface area contributed by atoms with Crippen LogP contribution in [-0.2, 0) is 12.6 Å². The number of carbonyl (C=O) groups is 1. The molecule has 3 rings (SSSR count). The second-order valence-electron chi connectivity index (χ2n) is 5.59. The van der Waals surface area contributed by atoms with Crippen LogP contribution in [0.3, 0.4) is 0 Å². The molecular weight excluding hydrogens is 390 g/mol. The Balaban J connectivity index is 1.63. The van der Waals surface area contributed by atoms with Crippen LogP contribution in [0.15, 0.2) is 42.5 Å². The van der Waals surface area contributed by atoms with Crippen molar-refractivity contribution in [2.75, 3.05) is 6.54 Å². The summed E-state index contributed by atoms with van der Waals surface area (Å²) in [5.74, 6) is -0.812. The largest absolute Gasteiger partial charge is 0.416 e. The van der Waals surface area contributed by atoms with Crippen molar-refractivity contribution in [1.82, 2.24) is 5.32 Å². The van der Waals surface area contributed by atoms with Crippen molar-refractivity contribution < 1.29 is 22.4 Å². The number of alkyl halides is 3. The maximum atomic E-state index is 13.3. The topological polar surface area (TPSA) is 29.1 Å².